The van der Waals surface area contributed by atoms with E-state index in [-0.39, 0.29) is 24.4 Å². The Balaban J connectivity index is 0.000000202. The summed E-state index contributed by atoms with van der Waals surface area (Å²) in [6, 6.07) is -0.779. The maximum absolute atomic E-state index is 11.6. The van der Waals surface area contributed by atoms with Crippen LogP contribution in [0.15, 0.2) is 12.7 Å². The van der Waals surface area contributed by atoms with Crippen molar-refractivity contribution < 1.29 is 77.2 Å². The molecule has 3 fully saturated rings. The van der Waals surface area contributed by atoms with Crippen molar-refractivity contribution in [1.29, 1.82) is 0 Å². The number of phosphoric ester groups is 2. The molecule has 3 aliphatic rings. The van der Waals surface area contributed by atoms with Gasteiger partial charge in [0.1, 0.15) is 48.5 Å². The van der Waals surface area contributed by atoms with Crippen LogP contribution in [0.4, 0.5) is 10.6 Å². The van der Waals surface area contributed by atoms with Crippen molar-refractivity contribution in [3.8, 4) is 0 Å². The number of hydrogen-bond donors (Lipinski definition) is 10. The number of fused-ring (bicyclic) bond motifs is 1. The van der Waals surface area contributed by atoms with Gasteiger partial charge in [-0.1, -0.05) is 0 Å². The third kappa shape index (κ3) is 7.91. The third-order valence-corrected chi connectivity index (χ3v) is 7.51. The molecule has 5 rings (SSSR count). The van der Waals surface area contributed by atoms with E-state index >= 15 is 0 Å². The highest BCUT2D eigenvalue weighted by molar-refractivity contribution is 7.46. The summed E-state index contributed by atoms with van der Waals surface area (Å²) in [5.41, 5.74) is 6.25. The molecule has 3 aliphatic heterocycles. The van der Waals surface area contributed by atoms with E-state index in [1.54, 1.807) is 0 Å². The van der Waals surface area contributed by atoms with Gasteiger partial charge in [0.2, 0.25) is 5.91 Å². The van der Waals surface area contributed by atoms with Gasteiger partial charge in [-0.05, 0) is 0 Å². The number of ether oxygens (including phenoxy) is 2. The summed E-state index contributed by atoms with van der Waals surface area (Å²) in [6.07, 6.45) is -7.92. The molecule has 0 aliphatic carbocycles. The summed E-state index contributed by atoms with van der Waals surface area (Å²) in [7, 11) is -9.47. The van der Waals surface area contributed by atoms with Crippen LogP contribution in [0.3, 0.4) is 0 Å². The number of carbonyl (C=O) groups excluding carboxylic acids is 2. The van der Waals surface area contributed by atoms with Crippen molar-refractivity contribution >= 4 is 44.6 Å². The SMILES string of the molecule is Nc1ncnc2c1ncn2C1OC(COP(=O)(O)O)C(O)C1O.O=C1CCN(C2OC(COP(=O)(O)O)C(O)C2O)C(=O)N1. The second kappa shape index (κ2) is 13.3. The zero-order chi connectivity index (χ0) is 32.6. The highest BCUT2D eigenvalue weighted by Crippen LogP contribution is 2.39. The van der Waals surface area contributed by atoms with Crippen molar-refractivity contribution in [3.63, 3.8) is 0 Å². The zero-order valence-electron chi connectivity index (χ0n) is 22.2. The third-order valence-electron chi connectivity index (χ3n) is 6.54. The maximum atomic E-state index is 11.6. The van der Waals surface area contributed by atoms with Gasteiger partial charge in [0.05, 0.1) is 19.5 Å². The fraction of sp³-hybridized carbons (Fsp3) is 0.632. The van der Waals surface area contributed by atoms with Gasteiger partial charge in [0.25, 0.3) is 0 Å². The second-order valence-electron chi connectivity index (χ2n) is 9.54. The van der Waals surface area contributed by atoms with E-state index in [2.05, 4.69) is 24.0 Å². The number of carbonyl (C=O) groups is 2. The summed E-state index contributed by atoms with van der Waals surface area (Å²) in [5.74, 6) is -0.325. The van der Waals surface area contributed by atoms with Crippen molar-refractivity contribution in [1.82, 2.24) is 29.7 Å². The number of anilines is 1. The monoisotopic (exact) mass is 673 g/mol. The first-order valence-electron chi connectivity index (χ1n) is 12.4. The first-order valence-corrected chi connectivity index (χ1v) is 15.5. The minimum Gasteiger partial charge on any atom is -0.387 e. The smallest absolute Gasteiger partial charge is 0.387 e. The Morgan fingerprint density at radius 3 is 1.98 bits per heavy atom. The number of phosphoric acid groups is 2. The molecule has 2 aromatic heterocycles. The minimum atomic E-state index is -4.75. The van der Waals surface area contributed by atoms with Crippen LogP contribution in [-0.4, -0.2) is 139 Å². The lowest BCUT2D eigenvalue weighted by atomic mass is 10.1. The summed E-state index contributed by atoms with van der Waals surface area (Å²) in [4.78, 5) is 70.1. The van der Waals surface area contributed by atoms with Crippen molar-refractivity contribution in [2.24, 2.45) is 0 Å². The lowest BCUT2D eigenvalue weighted by Gasteiger charge is -2.32. The number of amides is 3. The number of imidazole rings is 1. The summed E-state index contributed by atoms with van der Waals surface area (Å²) in [6.45, 7) is -1.26. The van der Waals surface area contributed by atoms with Crippen LogP contribution < -0.4 is 11.1 Å². The number of imide groups is 1. The number of aliphatic hydroxyl groups excluding tert-OH is 4. The molecule has 0 radical (unpaired) electrons. The normalized spacial score (nSPS) is 31.2. The second-order valence-corrected chi connectivity index (χ2v) is 12.0. The predicted molar refractivity (Wildman–Crippen MR) is 137 cm³/mol. The Hall–Kier alpha value is -2.73. The molecule has 8 atom stereocenters. The van der Waals surface area contributed by atoms with E-state index in [4.69, 9.17) is 34.8 Å². The molecule has 3 amide bonds. The molecule has 23 nitrogen and oxygen atoms in total. The molecule has 2 aromatic rings. The largest absolute Gasteiger partial charge is 0.469 e. The van der Waals surface area contributed by atoms with E-state index in [9.17, 15) is 39.1 Å². The Bertz CT molecular complexity index is 1450. The molecule has 0 aromatic carbocycles. The number of nitrogens with zero attached hydrogens (tertiary/aromatic N) is 5. The van der Waals surface area contributed by atoms with Crippen LogP contribution in [0.1, 0.15) is 12.6 Å². The van der Waals surface area contributed by atoms with E-state index in [0.29, 0.717) is 5.52 Å². The molecular weight excluding hydrogens is 644 g/mol. The van der Waals surface area contributed by atoms with Crippen LogP contribution >= 0.6 is 15.6 Å². The van der Waals surface area contributed by atoms with Gasteiger partial charge in [0, 0.05) is 13.0 Å². The molecule has 44 heavy (non-hydrogen) atoms. The van der Waals surface area contributed by atoms with Gasteiger partial charge in [0.15, 0.2) is 23.9 Å². The molecule has 11 N–H and O–H groups in total. The molecule has 246 valence electrons. The number of nitrogens with one attached hydrogen (secondary N) is 1. The van der Waals surface area contributed by atoms with E-state index in [1.807, 2.05) is 5.32 Å². The lowest BCUT2D eigenvalue weighted by Crippen LogP contribution is -2.56. The highest BCUT2D eigenvalue weighted by atomic mass is 31.2. The van der Waals surface area contributed by atoms with Crippen LogP contribution in [0.5, 0.6) is 0 Å². The zero-order valence-corrected chi connectivity index (χ0v) is 23.9. The topological polar surface area (TPSA) is 352 Å². The number of urea groups is 1. The van der Waals surface area contributed by atoms with Crippen molar-refractivity contribution in [2.75, 3.05) is 25.5 Å². The standard InChI is InChI=1S/C10H14N5O7P.C9H15N2O9P/c11-8-5-9(13-2-12-8)15(3-14-5)10-7(17)6(16)4(22-10)1-21-23(18,19)20;12-5-1-2-11(9(15)10-5)8-7(14)6(13)4(20-8)3-19-21(16,17)18/h2-4,6-7,10,16-17H,1H2,(H2,11,12,13)(H2,18,19,20);4,6-8,13-14H,1-3H2,(H,10,12,15)(H2,16,17,18). The minimum absolute atomic E-state index is 0.00875. The number of rotatable bonds is 8. The number of aromatic nitrogens is 4. The summed E-state index contributed by atoms with van der Waals surface area (Å²) < 4.78 is 41.8. The number of nitrogen functional groups attached to an aromatic ring is 1. The average Bonchev–Trinajstić information content (AvgIpc) is 3.57. The fourth-order valence-electron chi connectivity index (χ4n) is 4.44. The van der Waals surface area contributed by atoms with E-state index < -0.39 is 89.9 Å². The average molecular weight is 673 g/mol. The molecular formula is C19H29N7O16P2. The van der Waals surface area contributed by atoms with Crippen LogP contribution in [-0.2, 0) is 32.4 Å². The van der Waals surface area contributed by atoms with Crippen LogP contribution in [0.2, 0.25) is 0 Å². The van der Waals surface area contributed by atoms with E-state index in [0.717, 1.165) is 4.90 Å². The molecule has 0 saturated carbocycles. The van der Waals surface area contributed by atoms with E-state index in [1.165, 1.54) is 17.2 Å². The van der Waals surface area contributed by atoms with Gasteiger partial charge < -0.3 is 55.2 Å². The van der Waals surface area contributed by atoms with Gasteiger partial charge in [-0.15, -0.1) is 0 Å². The van der Waals surface area contributed by atoms with Gasteiger partial charge in [-0.25, -0.2) is 28.9 Å². The lowest BCUT2D eigenvalue weighted by molar-refractivity contribution is -0.125. The molecule has 25 heteroatoms. The number of hydrogen-bond acceptors (Lipinski definition) is 16. The summed E-state index contributed by atoms with van der Waals surface area (Å²) >= 11 is 0. The molecule has 0 bridgehead atoms. The quantitative estimate of drug-likeness (QED) is 0.118. The Morgan fingerprint density at radius 1 is 0.886 bits per heavy atom. The fourth-order valence-corrected chi connectivity index (χ4v) is 5.12. The van der Waals surface area contributed by atoms with Crippen LogP contribution in [0.25, 0.3) is 11.2 Å². The summed E-state index contributed by atoms with van der Waals surface area (Å²) in [5, 5.41) is 41.7. The first-order chi connectivity index (χ1) is 20.5. The molecule has 0 spiro atoms. The first kappa shape index (κ1) is 34.1. The molecule has 8 unspecified atom stereocenters. The molecule has 3 saturated heterocycles. The van der Waals surface area contributed by atoms with Gasteiger partial charge in [-0.2, -0.15) is 0 Å². The Labute approximate surface area is 245 Å². The van der Waals surface area contributed by atoms with Crippen molar-refractivity contribution in [3.05, 3.63) is 12.7 Å². The Morgan fingerprint density at radius 2 is 1.43 bits per heavy atom. The highest BCUT2D eigenvalue weighted by Gasteiger charge is 2.48. The van der Waals surface area contributed by atoms with Gasteiger partial charge in [-0.3, -0.25) is 28.6 Å². The number of nitrogens with two attached hydrogens (primary N) is 1. The van der Waals surface area contributed by atoms with Gasteiger partial charge >= 0.3 is 21.7 Å². The predicted octanol–water partition coefficient (Wildman–Crippen LogP) is -4.38. The number of aliphatic hydroxyl groups is 4. The van der Waals surface area contributed by atoms with Crippen molar-refractivity contribution in [2.45, 2.75) is 55.5 Å². The molecule has 5 heterocycles. The van der Waals surface area contributed by atoms with Crippen LogP contribution in [0, 0.1) is 0 Å². The maximum Gasteiger partial charge on any atom is 0.469 e. The Kier molecular flexibility index (Phi) is 10.3.